The molecule has 0 aromatic heterocycles. The fraction of sp³-hybridized carbons (Fsp3) is 0.500. The number of rotatable bonds is 4. The Morgan fingerprint density at radius 1 is 0.627 bits per heavy atom. The number of carbonyl (C=O) groups is 2. The van der Waals surface area contributed by atoms with Gasteiger partial charge in [-0.25, -0.2) is 9.15 Å². The second-order valence-corrected chi connectivity index (χ2v) is 13.6. The molecule has 2 spiro atoms. The normalized spacial score (nSPS) is 22.3. The summed E-state index contributed by atoms with van der Waals surface area (Å²) >= 11 is 1.98. The van der Waals surface area contributed by atoms with Crippen LogP contribution in [0.25, 0.3) is 0 Å². The highest BCUT2D eigenvalue weighted by Crippen LogP contribution is 2.53. The van der Waals surface area contributed by atoms with Gasteiger partial charge in [0.2, 0.25) is 0 Å². The molecule has 282 valence electrons. The Bertz CT molecular complexity index is 1470. The van der Waals surface area contributed by atoms with Crippen LogP contribution in [0.2, 0.25) is 0 Å². The number of carboxylic acid groups (broad SMARTS) is 2. The van der Waals surface area contributed by atoms with E-state index in [2.05, 4.69) is 21.6 Å². The van der Waals surface area contributed by atoms with Gasteiger partial charge in [0.05, 0.1) is 21.3 Å². The van der Waals surface area contributed by atoms with Gasteiger partial charge in [0.15, 0.2) is 19.3 Å². The summed E-state index contributed by atoms with van der Waals surface area (Å²) in [4.78, 5) is 17.6. The summed E-state index contributed by atoms with van der Waals surface area (Å²) in [5, 5.41) is 17.6. The molecule has 0 N–H and O–H groups in total. The molecule has 1 fully saturated rings. The van der Waals surface area contributed by atoms with E-state index in [1.807, 2.05) is 11.8 Å². The van der Waals surface area contributed by atoms with Gasteiger partial charge in [0.25, 0.3) is 0 Å². The fourth-order valence-corrected chi connectivity index (χ4v) is 7.78. The van der Waals surface area contributed by atoms with Crippen LogP contribution in [0.15, 0.2) is 48.5 Å². The van der Waals surface area contributed by atoms with Crippen LogP contribution in [-0.2, 0) is 35.0 Å². The van der Waals surface area contributed by atoms with Crippen LogP contribution in [0, 0.1) is 5.41 Å². The summed E-state index contributed by atoms with van der Waals surface area (Å²) in [5.41, 5.74) is 0.540. The molecule has 6 nitrogen and oxygen atoms in total. The molecule has 3 aliphatic rings. The topological polar surface area (TPSA) is 86.3 Å². The van der Waals surface area contributed by atoms with E-state index in [1.165, 1.54) is 0 Å². The lowest BCUT2D eigenvalue weighted by molar-refractivity contribution is -0.548. The maximum absolute atomic E-state index is 12.9. The van der Waals surface area contributed by atoms with Crippen molar-refractivity contribution in [1.82, 2.24) is 0 Å². The Labute approximate surface area is 287 Å². The molecule has 5 rings (SSSR count). The van der Waals surface area contributed by atoms with E-state index in [1.54, 1.807) is 24.3 Å². The summed E-state index contributed by atoms with van der Waals surface area (Å²) in [5.74, 6) is -5.01. The first-order valence-corrected chi connectivity index (χ1v) is 16.0. The lowest BCUT2D eigenvalue weighted by Crippen LogP contribution is -2.40. The van der Waals surface area contributed by atoms with E-state index in [0.29, 0.717) is 13.1 Å². The molecule has 19 heteroatoms. The second-order valence-electron chi connectivity index (χ2n) is 12.3. The highest BCUT2D eigenvalue weighted by Gasteiger charge is 2.53. The SMILES string of the molecule is FC(F)(F)c1ccc(C[N+]2=CC3(CCC2)CSC2(C=[N+](Cc4ccc(C(F)(F)F)cc4)CCC2)C3)cc1.O=C([O-])C(F)(F)F.O=C([O-])C(F)(F)F. The van der Waals surface area contributed by atoms with Gasteiger partial charge in [-0.05, 0) is 43.5 Å². The zero-order valence-corrected chi connectivity index (χ0v) is 27.1. The molecule has 51 heavy (non-hydrogen) atoms. The van der Waals surface area contributed by atoms with Gasteiger partial charge < -0.3 is 19.8 Å². The Kier molecular flexibility index (Phi) is 12.9. The molecule has 0 saturated carbocycles. The van der Waals surface area contributed by atoms with Crippen molar-refractivity contribution in [3.8, 4) is 0 Å². The van der Waals surface area contributed by atoms with E-state index in [9.17, 15) is 52.7 Å². The van der Waals surface area contributed by atoms with E-state index in [4.69, 9.17) is 19.8 Å². The summed E-state index contributed by atoms with van der Waals surface area (Å²) in [6.45, 7) is 2.98. The van der Waals surface area contributed by atoms with Crippen molar-refractivity contribution >= 4 is 36.1 Å². The zero-order chi connectivity index (χ0) is 38.5. The maximum atomic E-state index is 12.9. The lowest BCUT2D eigenvalue weighted by atomic mass is 9.75. The average Bonchev–Trinajstić information content (AvgIpc) is 3.32. The van der Waals surface area contributed by atoms with E-state index in [0.717, 1.165) is 86.3 Å². The van der Waals surface area contributed by atoms with Gasteiger partial charge in [-0.15, -0.1) is 11.8 Å². The van der Waals surface area contributed by atoms with Gasteiger partial charge in [-0.2, -0.15) is 52.7 Å². The smallest absolute Gasteiger partial charge is 0.430 e. The second kappa shape index (κ2) is 15.9. The van der Waals surface area contributed by atoms with Crippen molar-refractivity contribution in [2.45, 2.75) is 74.6 Å². The van der Waals surface area contributed by atoms with E-state index in [-0.39, 0.29) is 10.2 Å². The Hall–Kier alpha value is -3.77. The number of carboxylic acids is 2. The van der Waals surface area contributed by atoms with Crippen LogP contribution < -0.4 is 10.2 Å². The predicted molar refractivity (Wildman–Crippen MR) is 156 cm³/mol. The largest absolute Gasteiger partial charge is 0.542 e. The summed E-state index contributed by atoms with van der Waals surface area (Å²) in [7, 11) is 0. The van der Waals surface area contributed by atoms with Crippen LogP contribution in [0.1, 0.15) is 54.4 Å². The van der Waals surface area contributed by atoms with Crippen molar-refractivity contribution in [3.05, 3.63) is 70.8 Å². The third-order valence-corrected chi connectivity index (χ3v) is 9.88. The maximum Gasteiger partial charge on any atom is 0.430 e. The Morgan fingerprint density at radius 3 is 1.37 bits per heavy atom. The summed E-state index contributed by atoms with van der Waals surface area (Å²) in [6, 6.07) is 10.9. The van der Waals surface area contributed by atoms with Crippen molar-refractivity contribution in [1.29, 1.82) is 0 Å². The molecule has 2 aromatic carbocycles. The van der Waals surface area contributed by atoms with Crippen LogP contribution in [0.5, 0.6) is 0 Å². The number of halogens is 12. The number of nitrogens with zero attached hydrogens (tertiary/aromatic N) is 2. The minimum absolute atomic E-state index is 0.0119. The van der Waals surface area contributed by atoms with Gasteiger partial charge >= 0.3 is 24.7 Å². The number of benzene rings is 2. The molecule has 0 aliphatic carbocycles. The number of hydrogen-bond acceptors (Lipinski definition) is 5. The number of hydrogen-bond donors (Lipinski definition) is 0. The number of thioether (sulfide) groups is 1. The van der Waals surface area contributed by atoms with E-state index < -0.39 is 47.8 Å². The molecule has 0 amide bonds. The van der Waals surface area contributed by atoms with Crippen molar-refractivity contribution < 1.29 is 81.6 Å². The predicted octanol–water partition coefficient (Wildman–Crippen LogP) is 5.64. The molecule has 3 heterocycles. The molecule has 0 radical (unpaired) electrons. The average molecular weight is 767 g/mol. The Morgan fingerprint density at radius 2 is 1.00 bits per heavy atom. The van der Waals surface area contributed by atoms with Gasteiger partial charge in [0, 0.05) is 29.7 Å². The highest BCUT2D eigenvalue weighted by atomic mass is 32.2. The molecular formula is C32H30F12N2O4S. The van der Waals surface area contributed by atoms with Crippen molar-refractivity contribution in [2.24, 2.45) is 5.41 Å². The summed E-state index contributed by atoms with van der Waals surface area (Å²) < 4.78 is 145. The number of aliphatic carboxylic acids is 2. The standard InChI is InChI=1S/C28H30F6N2S.2C2HF3O2/c29-27(30,31)23-7-3-21(4-8-23)15-35-13-1-11-25(18-35)17-26(37-20-25)12-2-14-36(19-26)16-22-5-9-24(10-6-22)28(32,33)34;2*3-2(4,5)1(6)7/h3-10,18-19H,1-2,11-17,20H2;2*(H,6,7)/q+2;;/p-2. The molecular weight excluding hydrogens is 736 g/mol. The minimum atomic E-state index is -5.19. The monoisotopic (exact) mass is 766 g/mol. The molecule has 0 bridgehead atoms. The Balaban J connectivity index is 0.000000424. The fourth-order valence-electron chi connectivity index (χ4n) is 5.98. The highest BCUT2D eigenvalue weighted by molar-refractivity contribution is 8.01. The zero-order valence-electron chi connectivity index (χ0n) is 26.3. The van der Waals surface area contributed by atoms with Crippen LogP contribution in [0.4, 0.5) is 52.7 Å². The van der Waals surface area contributed by atoms with Crippen LogP contribution >= 0.6 is 11.8 Å². The first-order valence-electron chi connectivity index (χ1n) is 15.1. The van der Waals surface area contributed by atoms with Gasteiger partial charge in [-0.3, -0.25) is 0 Å². The third-order valence-electron chi connectivity index (χ3n) is 8.13. The number of alkyl halides is 12. The third kappa shape index (κ3) is 12.5. The summed E-state index contributed by atoms with van der Waals surface area (Å²) in [6.07, 6.45) is -9.13. The quantitative estimate of drug-likeness (QED) is 0.298. The first-order chi connectivity index (χ1) is 23.3. The molecule has 3 aliphatic heterocycles. The minimum Gasteiger partial charge on any atom is -0.542 e. The van der Waals surface area contributed by atoms with Gasteiger partial charge in [0.1, 0.15) is 31.2 Å². The molecule has 2 atom stereocenters. The van der Waals surface area contributed by atoms with Gasteiger partial charge in [-0.1, -0.05) is 24.3 Å². The van der Waals surface area contributed by atoms with Crippen molar-refractivity contribution in [3.63, 3.8) is 0 Å². The molecule has 2 unspecified atom stereocenters. The number of carbonyl (C=O) groups excluding carboxylic acids is 2. The van der Waals surface area contributed by atoms with E-state index >= 15 is 0 Å². The molecule has 1 saturated heterocycles. The first kappa shape index (κ1) is 41.6. The lowest BCUT2D eigenvalue weighted by Gasteiger charge is -2.30. The van der Waals surface area contributed by atoms with Crippen molar-refractivity contribution in [2.75, 3.05) is 18.8 Å². The van der Waals surface area contributed by atoms with Crippen LogP contribution in [0.3, 0.4) is 0 Å². The molecule has 2 aromatic rings. The van der Waals surface area contributed by atoms with Crippen LogP contribution in [-0.4, -0.2) is 69.5 Å².